The number of nitrogens with one attached hydrogen (secondary N) is 2. The topological polar surface area (TPSA) is 74.9 Å². The first kappa shape index (κ1) is 20.0. The van der Waals surface area contributed by atoms with E-state index in [2.05, 4.69) is 37.8 Å². The third kappa shape index (κ3) is 4.77. The van der Waals surface area contributed by atoms with Crippen LogP contribution >= 0.6 is 0 Å². The van der Waals surface area contributed by atoms with Crippen LogP contribution < -0.4 is 20.3 Å². The lowest BCUT2D eigenvalue weighted by molar-refractivity contribution is 0.392. The minimum absolute atomic E-state index is 0.337. The number of para-hydroxylation sites is 2. The lowest BCUT2D eigenvalue weighted by atomic mass is 10.0. The summed E-state index contributed by atoms with van der Waals surface area (Å²) in [6.07, 6.45) is 3.11. The average molecular weight is 386 g/mol. The molecule has 1 aliphatic heterocycles. The van der Waals surface area contributed by atoms with E-state index in [1.54, 1.807) is 7.11 Å². The van der Waals surface area contributed by atoms with Gasteiger partial charge in [0.05, 0.1) is 18.5 Å². The van der Waals surface area contributed by atoms with Crippen LogP contribution in [0.3, 0.4) is 0 Å². The summed E-state index contributed by atoms with van der Waals surface area (Å²) in [5.74, 6) is 2.64. The Morgan fingerprint density at radius 3 is 2.89 bits per heavy atom. The Morgan fingerprint density at radius 1 is 1.36 bits per heavy atom. The zero-order valence-corrected chi connectivity index (χ0v) is 17.3. The maximum absolute atomic E-state index is 5.53. The van der Waals surface area contributed by atoms with Crippen molar-refractivity contribution in [3.8, 4) is 5.75 Å². The van der Waals surface area contributed by atoms with Gasteiger partial charge in [0.2, 0.25) is 0 Å². The van der Waals surface area contributed by atoms with Gasteiger partial charge in [-0.15, -0.1) is 0 Å². The van der Waals surface area contributed by atoms with Gasteiger partial charge in [0.15, 0.2) is 5.96 Å². The lowest BCUT2D eigenvalue weighted by Crippen LogP contribution is -2.51. The Hall–Kier alpha value is -2.70. The van der Waals surface area contributed by atoms with Gasteiger partial charge in [-0.2, -0.15) is 0 Å². The van der Waals surface area contributed by atoms with Gasteiger partial charge < -0.3 is 24.8 Å². The maximum atomic E-state index is 5.53. The Balaban J connectivity index is 1.54. The lowest BCUT2D eigenvalue weighted by Gasteiger charge is -2.36. The Morgan fingerprint density at radius 2 is 2.18 bits per heavy atom. The molecule has 0 bridgehead atoms. The summed E-state index contributed by atoms with van der Waals surface area (Å²) in [7, 11) is 3.54. The fraction of sp³-hybridized carbons (Fsp3) is 0.524. The summed E-state index contributed by atoms with van der Waals surface area (Å²) in [6, 6.07) is 8.54. The molecule has 0 aliphatic carbocycles. The number of guanidine groups is 1. The standard InChI is InChI=1S/C21H31N5O2/c1-15-18(16(2)28-25-15)11-12-23-21(22-3)24-17-8-7-13-26(14-17)19-9-5-6-10-20(19)27-4/h5-6,9-10,17H,7-8,11-14H2,1-4H3,(H2,22,23,24). The Kier molecular flexibility index (Phi) is 6.79. The number of aliphatic imine (C=N–C) groups is 1. The molecule has 0 saturated carbocycles. The summed E-state index contributed by atoms with van der Waals surface area (Å²) in [4.78, 5) is 6.78. The van der Waals surface area contributed by atoms with E-state index in [-0.39, 0.29) is 0 Å². The first-order chi connectivity index (χ1) is 13.6. The number of benzene rings is 1. The van der Waals surface area contributed by atoms with Gasteiger partial charge in [0.25, 0.3) is 0 Å². The Labute approximate surface area is 167 Å². The van der Waals surface area contributed by atoms with Crippen molar-refractivity contribution in [3.05, 3.63) is 41.3 Å². The van der Waals surface area contributed by atoms with E-state index in [9.17, 15) is 0 Å². The van der Waals surface area contributed by atoms with Crippen molar-refractivity contribution in [1.29, 1.82) is 0 Å². The number of ether oxygens (including phenoxy) is 1. The molecular formula is C21H31N5O2. The molecule has 0 amide bonds. The summed E-state index contributed by atoms with van der Waals surface area (Å²) in [6.45, 7) is 6.68. The molecule has 1 fully saturated rings. The predicted octanol–water partition coefficient (Wildman–Crippen LogP) is 2.68. The van der Waals surface area contributed by atoms with Crippen molar-refractivity contribution in [3.63, 3.8) is 0 Å². The molecule has 2 N–H and O–H groups in total. The van der Waals surface area contributed by atoms with Crippen LogP contribution in [0.2, 0.25) is 0 Å². The molecule has 1 aromatic heterocycles. The zero-order valence-electron chi connectivity index (χ0n) is 17.3. The largest absolute Gasteiger partial charge is 0.495 e. The number of aryl methyl sites for hydroxylation is 2. The van der Waals surface area contributed by atoms with E-state index < -0.39 is 0 Å². The molecule has 28 heavy (non-hydrogen) atoms. The molecule has 1 unspecified atom stereocenters. The first-order valence-corrected chi connectivity index (χ1v) is 9.89. The highest BCUT2D eigenvalue weighted by molar-refractivity contribution is 5.80. The highest BCUT2D eigenvalue weighted by Gasteiger charge is 2.22. The number of nitrogens with zero attached hydrogens (tertiary/aromatic N) is 3. The third-order valence-corrected chi connectivity index (χ3v) is 5.26. The molecule has 0 spiro atoms. The van der Waals surface area contributed by atoms with Gasteiger partial charge in [-0.3, -0.25) is 4.99 Å². The molecule has 1 aromatic carbocycles. The molecule has 3 rings (SSSR count). The molecular weight excluding hydrogens is 354 g/mol. The SMILES string of the molecule is CN=C(NCCc1c(C)noc1C)NC1CCCN(c2ccccc2OC)C1. The number of methoxy groups -OCH3 is 1. The third-order valence-electron chi connectivity index (χ3n) is 5.26. The van der Waals surface area contributed by atoms with Gasteiger partial charge in [-0.25, -0.2) is 0 Å². The molecule has 2 heterocycles. The van der Waals surface area contributed by atoms with E-state index in [1.165, 1.54) is 5.56 Å². The second-order valence-electron chi connectivity index (χ2n) is 7.15. The van der Waals surface area contributed by atoms with Crippen molar-refractivity contribution in [1.82, 2.24) is 15.8 Å². The number of rotatable bonds is 6. The summed E-state index contributed by atoms with van der Waals surface area (Å²) in [5, 5.41) is 11.0. The second-order valence-corrected chi connectivity index (χ2v) is 7.15. The number of hydrogen-bond donors (Lipinski definition) is 2. The fourth-order valence-corrected chi connectivity index (χ4v) is 3.76. The van der Waals surface area contributed by atoms with Crippen LogP contribution in [0.1, 0.15) is 29.9 Å². The van der Waals surface area contributed by atoms with Crippen molar-refractivity contribution in [2.24, 2.45) is 4.99 Å². The van der Waals surface area contributed by atoms with Crippen LogP contribution in [0.5, 0.6) is 5.75 Å². The number of piperidine rings is 1. The van der Waals surface area contributed by atoms with Gasteiger partial charge in [0.1, 0.15) is 11.5 Å². The summed E-state index contributed by atoms with van der Waals surface area (Å²) < 4.78 is 10.8. The first-order valence-electron chi connectivity index (χ1n) is 9.89. The minimum Gasteiger partial charge on any atom is -0.495 e. The maximum Gasteiger partial charge on any atom is 0.191 e. The van der Waals surface area contributed by atoms with Crippen LogP contribution in [0.25, 0.3) is 0 Å². The second kappa shape index (κ2) is 9.48. The quantitative estimate of drug-likeness (QED) is 0.588. The smallest absolute Gasteiger partial charge is 0.191 e. The van der Waals surface area contributed by atoms with Gasteiger partial charge >= 0.3 is 0 Å². The minimum atomic E-state index is 0.337. The molecule has 0 radical (unpaired) electrons. The van der Waals surface area contributed by atoms with Crippen molar-refractivity contribution >= 4 is 11.6 Å². The Bertz CT molecular complexity index is 782. The highest BCUT2D eigenvalue weighted by Crippen LogP contribution is 2.29. The molecule has 1 saturated heterocycles. The molecule has 2 aromatic rings. The van der Waals surface area contributed by atoms with Gasteiger partial charge in [-0.05, 0) is 45.2 Å². The van der Waals surface area contributed by atoms with Crippen LogP contribution in [0, 0.1) is 13.8 Å². The molecule has 1 aliphatic rings. The van der Waals surface area contributed by atoms with Crippen LogP contribution in [-0.4, -0.2) is 50.9 Å². The molecule has 7 heteroatoms. The van der Waals surface area contributed by atoms with Crippen LogP contribution in [0.15, 0.2) is 33.8 Å². The summed E-state index contributed by atoms with van der Waals surface area (Å²) in [5.41, 5.74) is 3.28. The van der Waals surface area contributed by atoms with Crippen molar-refractivity contribution in [2.75, 3.05) is 38.7 Å². The number of aromatic nitrogens is 1. The zero-order chi connectivity index (χ0) is 19.9. The van der Waals surface area contributed by atoms with Crippen molar-refractivity contribution < 1.29 is 9.26 Å². The molecule has 1 atom stereocenters. The highest BCUT2D eigenvalue weighted by atomic mass is 16.5. The normalized spacial score (nSPS) is 17.5. The number of hydrogen-bond acceptors (Lipinski definition) is 5. The monoisotopic (exact) mass is 385 g/mol. The van der Waals surface area contributed by atoms with E-state index >= 15 is 0 Å². The average Bonchev–Trinajstić information content (AvgIpc) is 3.05. The van der Waals surface area contributed by atoms with E-state index in [4.69, 9.17) is 9.26 Å². The van der Waals surface area contributed by atoms with E-state index in [0.717, 1.165) is 67.7 Å². The van der Waals surface area contributed by atoms with E-state index in [1.807, 2.05) is 33.0 Å². The summed E-state index contributed by atoms with van der Waals surface area (Å²) >= 11 is 0. The van der Waals surface area contributed by atoms with Crippen LogP contribution in [0.4, 0.5) is 5.69 Å². The number of anilines is 1. The van der Waals surface area contributed by atoms with Crippen LogP contribution in [-0.2, 0) is 6.42 Å². The predicted molar refractivity (Wildman–Crippen MR) is 112 cm³/mol. The fourth-order valence-electron chi connectivity index (χ4n) is 3.76. The molecule has 7 nitrogen and oxygen atoms in total. The van der Waals surface area contributed by atoms with Crippen molar-refractivity contribution in [2.45, 2.75) is 39.2 Å². The van der Waals surface area contributed by atoms with Gasteiger partial charge in [-0.1, -0.05) is 17.3 Å². The van der Waals surface area contributed by atoms with Gasteiger partial charge in [0, 0.05) is 38.3 Å². The van der Waals surface area contributed by atoms with E-state index in [0.29, 0.717) is 6.04 Å². The molecule has 152 valence electrons.